The second-order valence-corrected chi connectivity index (χ2v) is 8.61. The highest BCUT2D eigenvalue weighted by molar-refractivity contribution is 6.35. The van der Waals surface area contributed by atoms with Crippen molar-refractivity contribution in [3.05, 3.63) is 81.3 Å². The molecular formula is C25H22Cl2N2O4. The van der Waals surface area contributed by atoms with Crippen LogP contribution in [0, 0.1) is 0 Å². The number of halogens is 2. The van der Waals surface area contributed by atoms with Crippen LogP contribution < -0.4 is 18.9 Å². The molecule has 0 spiro atoms. The average molecular weight is 485 g/mol. The topological polar surface area (TPSA) is 52.5 Å². The van der Waals surface area contributed by atoms with Gasteiger partial charge in [-0.25, -0.2) is 5.01 Å². The van der Waals surface area contributed by atoms with Crippen molar-refractivity contribution < 1.29 is 18.9 Å². The minimum absolute atomic E-state index is 0.0832. The molecule has 0 amide bonds. The Hall–Kier alpha value is -3.09. The van der Waals surface area contributed by atoms with E-state index in [2.05, 4.69) is 0 Å². The fourth-order valence-corrected chi connectivity index (χ4v) is 4.85. The first-order valence-electron chi connectivity index (χ1n) is 10.4. The van der Waals surface area contributed by atoms with Gasteiger partial charge in [-0.15, -0.1) is 0 Å². The zero-order chi connectivity index (χ0) is 23.1. The van der Waals surface area contributed by atoms with Crippen LogP contribution in [-0.4, -0.2) is 32.0 Å². The first-order chi connectivity index (χ1) is 16.0. The third-order valence-corrected chi connectivity index (χ3v) is 6.42. The molecule has 5 rings (SSSR count). The van der Waals surface area contributed by atoms with E-state index in [-0.39, 0.29) is 6.04 Å². The van der Waals surface area contributed by atoms with Gasteiger partial charge in [-0.1, -0.05) is 23.2 Å². The van der Waals surface area contributed by atoms with E-state index in [0.717, 1.165) is 28.2 Å². The molecule has 3 aromatic rings. The predicted molar refractivity (Wildman–Crippen MR) is 128 cm³/mol. The van der Waals surface area contributed by atoms with Gasteiger partial charge in [0.25, 0.3) is 0 Å². The van der Waals surface area contributed by atoms with Crippen LogP contribution in [0.1, 0.15) is 35.4 Å². The van der Waals surface area contributed by atoms with Gasteiger partial charge in [0.1, 0.15) is 11.5 Å². The van der Waals surface area contributed by atoms with Crippen molar-refractivity contribution in [3.63, 3.8) is 0 Å². The van der Waals surface area contributed by atoms with E-state index in [4.69, 9.17) is 47.3 Å². The first-order valence-corrected chi connectivity index (χ1v) is 11.2. The lowest BCUT2D eigenvalue weighted by Gasteiger charge is -2.38. The number of hydrogen-bond acceptors (Lipinski definition) is 6. The standard InChI is InChI=1S/C25H22Cl2N2O4/c1-30-17-7-4-14(5-8-17)20-13-21-18-11-16(26)12-19(27)24(18)33-25(29(21)28-20)15-6-9-22(31-2)23(10-15)32-3/h4-12,21,25H,13H2,1-3H3/t21-,25-/m0/s1. The molecule has 0 aromatic heterocycles. The number of fused-ring (bicyclic) bond motifs is 3. The molecule has 0 fully saturated rings. The zero-order valence-corrected chi connectivity index (χ0v) is 19.9. The summed E-state index contributed by atoms with van der Waals surface area (Å²) in [7, 11) is 4.87. The van der Waals surface area contributed by atoms with Gasteiger partial charge in [0.05, 0.1) is 38.1 Å². The van der Waals surface area contributed by atoms with Crippen LogP contribution in [0.4, 0.5) is 0 Å². The highest BCUT2D eigenvalue weighted by atomic mass is 35.5. The number of methoxy groups -OCH3 is 3. The molecule has 2 aliphatic heterocycles. The molecule has 0 aliphatic carbocycles. The predicted octanol–water partition coefficient (Wildman–Crippen LogP) is 6.26. The van der Waals surface area contributed by atoms with Crippen LogP contribution in [0.2, 0.25) is 10.0 Å². The molecule has 33 heavy (non-hydrogen) atoms. The molecule has 0 unspecified atom stereocenters. The molecule has 3 aromatic carbocycles. The fourth-order valence-electron chi connectivity index (χ4n) is 4.30. The quantitative estimate of drug-likeness (QED) is 0.427. The van der Waals surface area contributed by atoms with Crippen LogP contribution in [-0.2, 0) is 0 Å². The van der Waals surface area contributed by atoms with Crippen molar-refractivity contribution in [1.82, 2.24) is 5.01 Å². The van der Waals surface area contributed by atoms with Crippen molar-refractivity contribution >= 4 is 28.9 Å². The summed E-state index contributed by atoms with van der Waals surface area (Å²) in [6.07, 6.45) is 0.181. The van der Waals surface area contributed by atoms with Gasteiger partial charge >= 0.3 is 0 Å². The zero-order valence-electron chi connectivity index (χ0n) is 18.3. The summed E-state index contributed by atoms with van der Waals surface area (Å²) in [6, 6.07) is 17.1. The van der Waals surface area contributed by atoms with Gasteiger partial charge in [0.15, 0.2) is 11.5 Å². The van der Waals surface area contributed by atoms with Gasteiger partial charge in [-0.05, 0) is 60.2 Å². The normalized spacial score (nSPS) is 18.7. The lowest BCUT2D eigenvalue weighted by Crippen LogP contribution is -2.33. The number of nitrogens with zero attached hydrogens (tertiary/aromatic N) is 2. The highest BCUT2D eigenvalue weighted by Gasteiger charge is 2.42. The molecule has 8 heteroatoms. The Labute approximate surface area is 202 Å². The van der Waals surface area contributed by atoms with E-state index in [1.54, 1.807) is 27.4 Å². The van der Waals surface area contributed by atoms with Crippen molar-refractivity contribution in [2.45, 2.75) is 18.7 Å². The van der Waals surface area contributed by atoms with E-state index in [0.29, 0.717) is 33.7 Å². The van der Waals surface area contributed by atoms with E-state index in [1.165, 1.54) is 0 Å². The highest BCUT2D eigenvalue weighted by Crippen LogP contribution is 2.51. The summed E-state index contributed by atoms with van der Waals surface area (Å²) >= 11 is 12.9. The lowest BCUT2D eigenvalue weighted by molar-refractivity contribution is -0.0190. The van der Waals surface area contributed by atoms with Crippen LogP contribution in [0.25, 0.3) is 0 Å². The van der Waals surface area contributed by atoms with Crippen molar-refractivity contribution in [2.24, 2.45) is 5.10 Å². The summed E-state index contributed by atoms with van der Waals surface area (Å²) < 4.78 is 22.6. The second kappa shape index (κ2) is 8.69. The summed E-state index contributed by atoms with van der Waals surface area (Å²) in [5.74, 6) is 2.67. The maximum Gasteiger partial charge on any atom is 0.214 e. The molecule has 0 N–H and O–H groups in total. The number of hydrogen-bond donors (Lipinski definition) is 0. The Kier molecular flexibility index (Phi) is 5.72. The fraction of sp³-hybridized carbons (Fsp3) is 0.240. The van der Waals surface area contributed by atoms with Crippen molar-refractivity contribution in [1.29, 1.82) is 0 Å². The second-order valence-electron chi connectivity index (χ2n) is 7.77. The molecule has 2 atom stereocenters. The lowest BCUT2D eigenvalue weighted by atomic mass is 9.95. The number of hydrazone groups is 1. The van der Waals surface area contributed by atoms with E-state index in [1.807, 2.05) is 53.5 Å². The van der Waals surface area contributed by atoms with Crippen LogP contribution in [0.15, 0.2) is 59.7 Å². The van der Waals surface area contributed by atoms with Crippen LogP contribution in [0.3, 0.4) is 0 Å². The third-order valence-electron chi connectivity index (χ3n) is 5.92. The Balaban J connectivity index is 1.60. The van der Waals surface area contributed by atoms with Gasteiger partial charge in [-0.2, -0.15) is 5.10 Å². The molecule has 2 heterocycles. The molecular weight excluding hydrogens is 463 g/mol. The Morgan fingerprint density at radius 3 is 2.36 bits per heavy atom. The van der Waals surface area contributed by atoms with Gasteiger partial charge in [-0.3, -0.25) is 0 Å². The monoisotopic (exact) mass is 484 g/mol. The van der Waals surface area contributed by atoms with Gasteiger partial charge in [0, 0.05) is 22.6 Å². The van der Waals surface area contributed by atoms with Crippen LogP contribution in [0.5, 0.6) is 23.0 Å². The largest absolute Gasteiger partial charge is 0.497 e. The minimum Gasteiger partial charge on any atom is -0.497 e. The van der Waals surface area contributed by atoms with Crippen molar-refractivity contribution in [2.75, 3.05) is 21.3 Å². The summed E-state index contributed by atoms with van der Waals surface area (Å²) in [5.41, 5.74) is 3.75. The Morgan fingerprint density at radius 2 is 1.67 bits per heavy atom. The van der Waals surface area contributed by atoms with E-state index in [9.17, 15) is 0 Å². The summed E-state index contributed by atoms with van der Waals surface area (Å²) in [6.45, 7) is 0. The maximum absolute atomic E-state index is 6.56. The van der Waals surface area contributed by atoms with Crippen molar-refractivity contribution in [3.8, 4) is 23.0 Å². The summed E-state index contributed by atoms with van der Waals surface area (Å²) in [4.78, 5) is 0. The maximum atomic E-state index is 6.56. The number of benzene rings is 3. The average Bonchev–Trinajstić information content (AvgIpc) is 3.29. The van der Waals surface area contributed by atoms with Gasteiger partial charge < -0.3 is 18.9 Å². The molecule has 6 nitrogen and oxygen atoms in total. The smallest absolute Gasteiger partial charge is 0.214 e. The van der Waals surface area contributed by atoms with Gasteiger partial charge in [0.2, 0.25) is 6.23 Å². The molecule has 2 aliphatic rings. The first kappa shape index (κ1) is 21.7. The molecule has 0 bridgehead atoms. The van der Waals surface area contributed by atoms with E-state index >= 15 is 0 Å². The molecule has 170 valence electrons. The Bertz CT molecular complexity index is 1230. The number of rotatable bonds is 5. The SMILES string of the molecule is COc1ccc(C2=NN3[C@@H](C2)c2cc(Cl)cc(Cl)c2O[C@H]3c2ccc(OC)c(OC)c2)cc1. The van der Waals surface area contributed by atoms with Crippen LogP contribution >= 0.6 is 23.2 Å². The third kappa shape index (κ3) is 3.83. The minimum atomic E-state index is -0.503. The number of ether oxygens (including phenoxy) is 4. The Morgan fingerprint density at radius 1 is 0.909 bits per heavy atom. The molecule has 0 saturated heterocycles. The molecule has 0 saturated carbocycles. The summed E-state index contributed by atoms with van der Waals surface area (Å²) in [5, 5.41) is 7.98. The molecule has 0 radical (unpaired) electrons. The van der Waals surface area contributed by atoms with E-state index < -0.39 is 6.23 Å².